The Morgan fingerprint density at radius 1 is 1.19 bits per heavy atom. The number of rotatable bonds is 8. The maximum atomic E-state index is 12.7. The second-order valence-corrected chi connectivity index (χ2v) is 7.66. The van der Waals surface area contributed by atoms with Crippen LogP contribution in [0.3, 0.4) is 0 Å². The van der Waals surface area contributed by atoms with Crippen LogP contribution in [-0.4, -0.2) is 53.8 Å². The molecule has 3 amide bonds. The number of benzene rings is 1. The van der Waals surface area contributed by atoms with Crippen molar-refractivity contribution < 1.29 is 14.4 Å². The van der Waals surface area contributed by atoms with Gasteiger partial charge < -0.3 is 9.80 Å². The van der Waals surface area contributed by atoms with Crippen LogP contribution in [0.25, 0.3) is 0 Å². The third kappa shape index (κ3) is 5.81. The van der Waals surface area contributed by atoms with Crippen molar-refractivity contribution in [3.63, 3.8) is 0 Å². The molecule has 0 saturated carbocycles. The first-order chi connectivity index (χ1) is 12.8. The average molecular weight is 373 g/mol. The minimum Gasteiger partial charge on any atom is -0.333 e. The van der Waals surface area contributed by atoms with Crippen molar-refractivity contribution in [1.82, 2.24) is 9.80 Å². The smallest absolute Gasteiger partial charge is 0.248 e. The largest absolute Gasteiger partial charge is 0.333 e. The third-order valence-electron chi connectivity index (χ3n) is 4.65. The average Bonchev–Trinajstić information content (AvgIpc) is 3.01. The van der Waals surface area contributed by atoms with Gasteiger partial charge in [0.1, 0.15) is 13.2 Å². The fourth-order valence-corrected chi connectivity index (χ4v) is 3.11. The summed E-state index contributed by atoms with van der Waals surface area (Å²) in [6.45, 7) is 8.98. The molecular weight excluding hydrogens is 342 g/mol. The molecule has 1 aromatic rings. The van der Waals surface area contributed by atoms with E-state index < -0.39 is 0 Å². The van der Waals surface area contributed by atoms with Crippen LogP contribution in [0.2, 0.25) is 0 Å². The number of anilines is 1. The second-order valence-electron chi connectivity index (χ2n) is 7.66. The molecule has 6 nitrogen and oxygen atoms in total. The lowest BCUT2D eigenvalue weighted by molar-refractivity contribution is -0.140. The zero-order valence-electron chi connectivity index (χ0n) is 16.9. The molecule has 0 radical (unpaired) electrons. The number of unbranched alkanes of at least 4 members (excludes halogenated alkanes) is 1. The molecule has 0 aromatic heterocycles. The molecule has 1 saturated heterocycles. The number of carbonyl (C=O) groups is 3. The Kier molecular flexibility index (Phi) is 7.39. The van der Waals surface area contributed by atoms with Crippen LogP contribution in [0.15, 0.2) is 24.3 Å². The molecule has 1 aromatic carbocycles. The highest BCUT2D eigenvalue weighted by Crippen LogP contribution is 2.20. The van der Waals surface area contributed by atoms with Crippen molar-refractivity contribution in [1.29, 1.82) is 0 Å². The number of carbonyl (C=O) groups excluding carboxylic acids is 3. The normalized spacial score (nSPS) is 14.2. The molecule has 0 aliphatic carbocycles. The number of hydrogen-bond acceptors (Lipinski definition) is 3. The molecule has 1 fully saturated rings. The van der Waals surface area contributed by atoms with E-state index in [1.807, 2.05) is 52.0 Å². The maximum absolute atomic E-state index is 12.7. The highest BCUT2D eigenvalue weighted by atomic mass is 16.2. The minimum absolute atomic E-state index is 0.0137. The van der Waals surface area contributed by atoms with Gasteiger partial charge in [0.05, 0.1) is 6.54 Å². The van der Waals surface area contributed by atoms with Gasteiger partial charge in [0.25, 0.3) is 0 Å². The molecule has 27 heavy (non-hydrogen) atoms. The lowest BCUT2D eigenvalue weighted by Crippen LogP contribution is -2.44. The van der Waals surface area contributed by atoms with E-state index in [0.717, 1.165) is 24.1 Å². The molecule has 148 valence electrons. The zero-order valence-corrected chi connectivity index (χ0v) is 16.9. The molecule has 1 aliphatic rings. The van der Waals surface area contributed by atoms with Crippen molar-refractivity contribution in [3.05, 3.63) is 29.8 Å². The van der Waals surface area contributed by atoms with Crippen molar-refractivity contribution >= 4 is 23.4 Å². The van der Waals surface area contributed by atoms with E-state index >= 15 is 0 Å². The monoisotopic (exact) mass is 373 g/mol. The summed E-state index contributed by atoms with van der Waals surface area (Å²) < 4.78 is 0. The fraction of sp³-hybridized carbons (Fsp3) is 0.571. The highest BCUT2D eigenvalue weighted by Gasteiger charge is 2.32. The quantitative estimate of drug-likeness (QED) is 0.704. The van der Waals surface area contributed by atoms with E-state index in [9.17, 15) is 14.4 Å². The Bertz CT molecular complexity index is 670. The van der Waals surface area contributed by atoms with Gasteiger partial charge in [-0.1, -0.05) is 44.9 Å². The first-order valence-electron chi connectivity index (χ1n) is 9.74. The van der Waals surface area contributed by atoms with Gasteiger partial charge in [-0.05, 0) is 31.4 Å². The maximum Gasteiger partial charge on any atom is 0.248 e. The molecular formula is C21H31N3O3. The summed E-state index contributed by atoms with van der Waals surface area (Å²) in [4.78, 5) is 42.3. The zero-order chi connectivity index (χ0) is 20.0. The summed E-state index contributed by atoms with van der Waals surface area (Å²) in [5.41, 5.74) is 1.91. The second kappa shape index (κ2) is 9.53. The standard InChI is InChI=1S/C21H31N3O3/c1-5-6-7-19(25)22(12-16(2)3)13-20(26)23-14-21(27)24(15-23)18-10-8-17(4)9-11-18/h8-11,16H,5-7,12-15H2,1-4H3. The van der Waals surface area contributed by atoms with Gasteiger partial charge in [-0.15, -0.1) is 0 Å². The van der Waals surface area contributed by atoms with Crippen molar-refractivity contribution in [2.24, 2.45) is 5.92 Å². The Balaban J connectivity index is 2.01. The van der Waals surface area contributed by atoms with Crippen LogP contribution in [0.4, 0.5) is 5.69 Å². The minimum atomic E-state index is -0.177. The van der Waals surface area contributed by atoms with Crippen molar-refractivity contribution in [3.8, 4) is 0 Å². The molecule has 1 aliphatic heterocycles. The predicted octanol–water partition coefficient (Wildman–Crippen LogP) is 2.80. The van der Waals surface area contributed by atoms with E-state index in [1.165, 1.54) is 4.90 Å². The van der Waals surface area contributed by atoms with E-state index in [2.05, 4.69) is 0 Å². The summed E-state index contributed by atoms with van der Waals surface area (Å²) in [5, 5.41) is 0. The van der Waals surface area contributed by atoms with Gasteiger partial charge in [-0.3, -0.25) is 19.3 Å². The van der Waals surface area contributed by atoms with Gasteiger partial charge in [0, 0.05) is 18.7 Å². The van der Waals surface area contributed by atoms with Gasteiger partial charge >= 0.3 is 0 Å². The van der Waals surface area contributed by atoms with Crippen molar-refractivity contribution in [2.45, 2.75) is 47.0 Å². The van der Waals surface area contributed by atoms with Crippen LogP contribution in [-0.2, 0) is 14.4 Å². The van der Waals surface area contributed by atoms with E-state index in [-0.39, 0.29) is 43.4 Å². The van der Waals surface area contributed by atoms with Gasteiger partial charge in [-0.2, -0.15) is 0 Å². The van der Waals surface area contributed by atoms with Crippen LogP contribution >= 0.6 is 0 Å². The fourth-order valence-electron chi connectivity index (χ4n) is 3.11. The summed E-state index contributed by atoms with van der Waals surface area (Å²) in [6, 6.07) is 7.68. The lowest BCUT2D eigenvalue weighted by Gasteiger charge is -2.26. The van der Waals surface area contributed by atoms with Crippen LogP contribution in [0.5, 0.6) is 0 Å². The Labute approximate surface area is 162 Å². The summed E-state index contributed by atoms with van der Waals surface area (Å²) in [7, 11) is 0. The Morgan fingerprint density at radius 2 is 1.85 bits per heavy atom. The third-order valence-corrected chi connectivity index (χ3v) is 4.65. The van der Waals surface area contributed by atoms with Gasteiger partial charge in [-0.25, -0.2) is 0 Å². The van der Waals surface area contributed by atoms with E-state index in [4.69, 9.17) is 0 Å². The Hall–Kier alpha value is -2.37. The SMILES string of the molecule is CCCCC(=O)N(CC(=O)N1CC(=O)N(c2ccc(C)cc2)C1)CC(C)C. The Morgan fingerprint density at radius 3 is 2.44 bits per heavy atom. The van der Waals surface area contributed by atoms with Gasteiger partial charge in [0.2, 0.25) is 17.7 Å². The van der Waals surface area contributed by atoms with Crippen molar-refractivity contribution in [2.75, 3.05) is 31.2 Å². The molecule has 0 bridgehead atoms. The number of amides is 3. The van der Waals surface area contributed by atoms with Crippen LogP contribution in [0, 0.1) is 12.8 Å². The summed E-state index contributed by atoms with van der Waals surface area (Å²) in [5.74, 6) is 0.0239. The number of nitrogens with zero attached hydrogens (tertiary/aromatic N) is 3. The lowest BCUT2D eigenvalue weighted by atomic mass is 10.1. The first-order valence-corrected chi connectivity index (χ1v) is 9.74. The summed E-state index contributed by atoms with van der Waals surface area (Å²) >= 11 is 0. The summed E-state index contributed by atoms with van der Waals surface area (Å²) in [6.07, 6.45) is 2.23. The number of hydrogen-bond donors (Lipinski definition) is 0. The van der Waals surface area contributed by atoms with E-state index in [0.29, 0.717) is 13.0 Å². The number of aryl methyl sites for hydroxylation is 1. The molecule has 1 heterocycles. The van der Waals surface area contributed by atoms with Crippen LogP contribution < -0.4 is 4.90 Å². The molecule has 0 spiro atoms. The van der Waals surface area contributed by atoms with Gasteiger partial charge in [0.15, 0.2) is 0 Å². The molecule has 2 rings (SSSR count). The highest BCUT2D eigenvalue weighted by molar-refractivity contribution is 6.00. The molecule has 0 atom stereocenters. The first kappa shape index (κ1) is 20.9. The predicted molar refractivity (Wildman–Crippen MR) is 106 cm³/mol. The van der Waals surface area contributed by atoms with E-state index in [1.54, 1.807) is 9.80 Å². The van der Waals surface area contributed by atoms with Crippen LogP contribution in [0.1, 0.15) is 45.6 Å². The molecule has 6 heteroatoms. The molecule has 0 unspecified atom stereocenters. The molecule has 0 N–H and O–H groups in total. The topological polar surface area (TPSA) is 60.9 Å².